The van der Waals surface area contributed by atoms with E-state index in [1.54, 1.807) is 12.1 Å². The van der Waals surface area contributed by atoms with Gasteiger partial charge in [-0.25, -0.2) is 0 Å². The summed E-state index contributed by atoms with van der Waals surface area (Å²) in [5.41, 5.74) is 2.79. The first-order valence-corrected chi connectivity index (χ1v) is 10.1. The zero-order valence-corrected chi connectivity index (χ0v) is 15.8. The predicted molar refractivity (Wildman–Crippen MR) is 106 cm³/mol. The molecule has 0 amide bonds. The number of halogens is 1. The fourth-order valence-electron chi connectivity index (χ4n) is 2.61. The van der Waals surface area contributed by atoms with E-state index in [0.717, 1.165) is 11.1 Å². The summed E-state index contributed by atoms with van der Waals surface area (Å²) in [6.45, 7) is 2.26. The molecule has 2 aromatic rings. The molecule has 0 unspecified atom stereocenters. The van der Waals surface area contributed by atoms with E-state index in [-0.39, 0.29) is 0 Å². The highest BCUT2D eigenvalue weighted by atomic mass is 35.5. The molecule has 0 saturated carbocycles. The first-order chi connectivity index (χ1) is 11.7. The molecule has 0 fully saturated rings. The van der Waals surface area contributed by atoms with Crippen LogP contribution < -0.4 is 0 Å². The molecular formula is C21H25ClOS. The van der Waals surface area contributed by atoms with Crippen molar-refractivity contribution in [1.29, 1.82) is 0 Å². The molecule has 0 radical (unpaired) electrons. The molecule has 0 aromatic heterocycles. The molecule has 2 rings (SSSR count). The average Bonchev–Trinajstić information content (AvgIpc) is 2.61. The van der Waals surface area contributed by atoms with E-state index in [1.807, 2.05) is 23.9 Å². The van der Waals surface area contributed by atoms with E-state index < -0.39 is 5.24 Å². The van der Waals surface area contributed by atoms with E-state index in [2.05, 4.69) is 31.2 Å². The van der Waals surface area contributed by atoms with Gasteiger partial charge in [0.05, 0.1) is 0 Å². The summed E-state index contributed by atoms with van der Waals surface area (Å²) in [7, 11) is 0. The summed E-state index contributed by atoms with van der Waals surface area (Å²) in [6, 6.07) is 16.1. The fourth-order valence-corrected chi connectivity index (χ4v) is 3.65. The van der Waals surface area contributed by atoms with E-state index in [9.17, 15) is 4.79 Å². The van der Waals surface area contributed by atoms with Gasteiger partial charge in [0.15, 0.2) is 0 Å². The number of hydrogen-bond donors (Lipinski definition) is 0. The Labute approximate surface area is 154 Å². The van der Waals surface area contributed by atoms with E-state index in [4.69, 9.17) is 11.6 Å². The van der Waals surface area contributed by atoms with Crippen molar-refractivity contribution in [3.05, 3.63) is 54.1 Å². The lowest BCUT2D eigenvalue weighted by Gasteiger charge is -2.05. The van der Waals surface area contributed by atoms with Crippen LogP contribution in [0, 0.1) is 0 Å². The van der Waals surface area contributed by atoms with Gasteiger partial charge in [-0.3, -0.25) is 4.79 Å². The van der Waals surface area contributed by atoms with Crippen molar-refractivity contribution in [3.63, 3.8) is 0 Å². The van der Waals surface area contributed by atoms with Crippen molar-refractivity contribution in [3.8, 4) is 11.1 Å². The largest absolute Gasteiger partial charge is 0.276 e. The maximum absolute atomic E-state index is 11.1. The minimum absolute atomic E-state index is 0.414. The molecule has 0 N–H and O–H groups in total. The van der Waals surface area contributed by atoms with Crippen molar-refractivity contribution < 1.29 is 4.79 Å². The van der Waals surface area contributed by atoms with Crippen LogP contribution in [0.5, 0.6) is 0 Å². The molecule has 0 aliphatic carbocycles. The highest BCUT2D eigenvalue weighted by molar-refractivity contribution is 7.99. The number of unbranched alkanes of at least 4 members (excludes halogenated alkanes) is 5. The lowest BCUT2D eigenvalue weighted by molar-refractivity contribution is 0.108. The van der Waals surface area contributed by atoms with Gasteiger partial charge >= 0.3 is 0 Å². The molecule has 0 heterocycles. The summed E-state index contributed by atoms with van der Waals surface area (Å²) < 4.78 is 0. The third-order valence-electron chi connectivity index (χ3n) is 4.07. The Balaban J connectivity index is 1.79. The van der Waals surface area contributed by atoms with Gasteiger partial charge in [-0.1, -0.05) is 63.3 Å². The van der Waals surface area contributed by atoms with Gasteiger partial charge in [0.1, 0.15) is 0 Å². The van der Waals surface area contributed by atoms with Crippen LogP contribution in [0.15, 0.2) is 53.4 Å². The maximum atomic E-state index is 11.1. The number of hydrogen-bond acceptors (Lipinski definition) is 2. The van der Waals surface area contributed by atoms with Gasteiger partial charge in [0.25, 0.3) is 5.24 Å². The summed E-state index contributed by atoms with van der Waals surface area (Å²) in [5, 5.41) is -0.414. The Morgan fingerprint density at radius 1 is 0.833 bits per heavy atom. The standard InChI is InChI=1S/C21H25ClOS/c1-2-3-4-5-6-7-16-24-20-14-12-18(13-15-20)17-8-10-19(11-9-17)21(22)23/h8-15H,2-7,16H2,1H3. The van der Waals surface area contributed by atoms with Crippen LogP contribution in [0.25, 0.3) is 11.1 Å². The first kappa shape index (κ1) is 19.1. The van der Waals surface area contributed by atoms with Gasteiger partial charge in [-0.15, -0.1) is 11.8 Å². The monoisotopic (exact) mass is 360 g/mol. The molecule has 3 heteroatoms. The Bertz CT molecular complexity index is 619. The summed E-state index contributed by atoms with van der Waals surface area (Å²) in [5.74, 6) is 1.19. The quantitative estimate of drug-likeness (QED) is 0.253. The Morgan fingerprint density at radius 3 is 1.96 bits per heavy atom. The molecule has 128 valence electrons. The van der Waals surface area contributed by atoms with Crippen LogP contribution in [-0.2, 0) is 0 Å². The number of carbonyl (C=O) groups is 1. The van der Waals surface area contributed by atoms with E-state index in [1.165, 1.54) is 49.2 Å². The summed E-state index contributed by atoms with van der Waals surface area (Å²) in [4.78, 5) is 12.4. The Kier molecular flexibility index (Phi) is 8.41. The molecule has 1 nitrogen and oxygen atoms in total. The van der Waals surface area contributed by atoms with Crippen LogP contribution in [0.1, 0.15) is 55.8 Å². The Morgan fingerprint density at radius 2 is 1.38 bits per heavy atom. The topological polar surface area (TPSA) is 17.1 Å². The highest BCUT2D eigenvalue weighted by Crippen LogP contribution is 2.25. The molecule has 0 bridgehead atoms. The molecule has 0 atom stereocenters. The number of benzene rings is 2. The van der Waals surface area contributed by atoms with Crippen molar-refractivity contribution in [2.75, 3.05) is 5.75 Å². The Hall–Kier alpha value is -1.25. The molecule has 24 heavy (non-hydrogen) atoms. The molecule has 0 saturated heterocycles. The third kappa shape index (κ3) is 6.33. The fraction of sp³-hybridized carbons (Fsp3) is 0.381. The van der Waals surface area contributed by atoms with Crippen molar-refractivity contribution in [1.82, 2.24) is 0 Å². The first-order valence-electron chi connectivity index (χ1n) is 8.74. The van der Waals surface area contributed by atoms with Gasteiger partial charge in [0, 0.05) is 10.5 Å². The third-order valence-corrected chi connectivity index (χ3v) is 5.38. The number of rotatable bonds is 10. The normalized spacial score (nSPS) is 10.8. The van der Waals surface area contributed by atoms with Crippen LogP contribution in [-0.4, -0.2) is 11.0 Å². The minimum atomic E-state index is -0.414. The summed E-state index contributed by atoms with van der Waals surface area (Å²) >= 11 is 7.41. The van der Waals surface area contributed by atoms with Crippen LogP contribution in [0.2, 0.25) is 0 Å². The maximum Gasteiger partial charge on any atom is 0.252 e. The van der Waals surface area contributed by atoms with Crippen molar-refractivity contribution >= 4 is 28.6 Å². The van der Waals surface area contributed by atoms with E-state index >= 15 is 0 Å². The van der Waals surface area contributed by atoms with Crippen LogP contribution in [0.3, 0.4) is 0 Å². The second kappa shape index (κ2) is 10.6. The molecule has 0 aliphatic heterocycles. The van der Waals surface area contributed by atoms with Gasteiger partial charge < -0.3 is 0 Å². The lowest BCUT2D eigenvalue weighted by Crippen LogP contribution is -1.88. The SMILES string of the molecule is CCCCCCCCSc1ccc(-c2ccc(C(=O)Cl)cc2)cc1. The van der Waals surface area contributed by atoms with Gasteiger partial charge in [-0.2, -0.15) is 0 Å². The summed E-state index contributed by atoms with van der Waals surface area (Å²) in [6.07, 6.45) is 8.07. The smallest absolute Gasteiger partial charge is 0.252 e. The van der Waals surface area contributed by atoms with Crippen LogP contribution >= 0.6 is 23.4 Å². The lowest BCUT2D eigenvalue weighted by atomic mass is 10.0. The second-order valence-corrected chi connectivity index (χ2v) is 7.50. The zero-order chi connectivity index (χ0) is 17.2. The average molecular weight is 361 g/mol. The van der Waals surface area contributed by atoms with Gasteiger partial charge in [0.2, 0.25) is 0 Å². The van der Waals surface area contributed by atoms with Crippen molar-refractivity contribution in [2.24, 2.45) is 0 Å². The molecule has 2 aromatic carbocycles. The zero-order valence-electron chi connectivity index (χ0n) is 14.3. The molecular weight excluding hydrogens is 336 g/mol. The second-order valence-electron chi connectivity index (χ2n) is 5.99. The van der Waals surface area contributed by atoms with Gasteiger partial charge in [-0.05, 0) is 59.2 Å². The number of carbonyl (C=O) groups excluding carboxylic acids is 1. The van der Waals surface area contributed by atoms with E-state index in [0.29, 0.717) is 5.56 Å². The highest BCUT2D eigenvalue weighted by Gasteiger charge is 2.03. The van der Waals surface area contributed by atoms with Crippen molar-refractivity contribution in [2.45, 2.75) is 50.3 Å². The minimum Gasteiger partial charge on any atom is -0.276 e. The molecule has 0 spiro atoms. The molecule has 0 aliphatic rings. The van der Waals surface area contributed by atoms with Crippen LogP contribution in [0.4, 0.5) is 0 Å². The predicted octanol–water partition coefficient (Wildman–Crippen LogP) is 7.19. The number of thioether (sulfide) groups is 1.